The SMILES string of the molecule is Cc1cc(C)n(-c2ccc(N3CCN(C(=O)C(C)n4cccn4)CC3)nn2)n1. The third-order valence-electron chi connectivity index (χ3n) is 5.06. The number of hydrogen-bond acceptors (Lipinski definition) is 6. The van der Waals surface area contributed by atoms with Gasteiger partial charge in [0.2, 0.25) is 5.91 Å². The van der Waals surface area contributed by atoms with Crippen LogP contribution in [0.4, 0.5) is 5.82 Å². The van der Waals surface area contributed by atoms with Gasteiger partial charge in [-0.2, -0.15) is 10.2 Å². The molecule has 1 aliphatic rings. The minimum atomic E-state index is -0.290. The lowest BCUT2D eigenvalue weighted by Crippen LogP contribution is -2.50. The number of hydrogen-bond donors (Lipinski definition) is 0. The quantitative estimate of drug-likeness (QED) is 0.680. The first-order chi connectivity index (χ1) is 13.5. The molecule has 0 N–H and O–H groups in total. The van der Waals surface area contributed by atoms with E-state index in [4.69, 9.17) is 0 Å². The summed E-state index contributed by atoms with van der Waals surface area (Å²) >= 11 is 0. The Hall–Kier alpha value is -3.23. The predicted octanol–water partition coefficient (Wildman–Crippen LogP) is 1.39. The summed E-state index contributed by atoms with van der Waals surface area (Å²) < 4.78 is 3.48. The second-order valence-corrected chi connectivity index (χ2v) is 7.06. The number of amides is 1. The van der Waals surface area contributed by atoms with E-state index in [0.29, 0.717) is 18.9 Å². The maximum absolute atomic E-state index is 12.7. The van der Waals surface area contributed by atoms with Crippen molar-refractivity contribution in [3.8, 4) is 5.82 Å². The van der Waals surface area contributed by atoms with E-state index in [1.165, 1.54) is 0 Å². The topological polar surface area (TPSA) is 85.0 Å². The number of aryl methyl sites for hydroxylation is 2. The van der Waals surface area contributed by atoms with Crippen LogP contribution in [-0.4, -0.2) is 66.7 Å². The molecule has 4 rings (SSSR count). The summed E-state index contributed by atoms with van der Waals surface area (Å²) in [7, 11) is 0. The molecule has 9 nitrogen and oxygen atoms in total. The highest BCUT2D eigenvalue weighted by atomic mass is 16.2. The largest absolute Gasteiger partial charge is 0.352 e. The summed E-state index contributed by atoms with van der Waals surface area (Å²) in [6.45, 7) is 8.61. The molecule has 1 unspecified atom stereocenters. The van der Waals surface area contributed by atoms with Crippen molar-refractivity contribution in [3.63, 3.8) is 0 Å². The Morgan fingerprint density at radius 2 is 1.79 bits per heavy atom. The van der Waals surface area contributed by atoms with Crippen LogP contribution in [0.5, 0.6) is 0 Å². The Morgan fingerprint density at radius 1 is 1.07 bits per heavy atom. The van der Waals surface area contributed by atoms with Crippen LogP contribution in [0, 0.1) is 13.8 Å². The van der Waals surface area contributed by atoms with Crippen molar-refractivity contribution < 1.29 is 4.79 Å². The lowest BCUT2D eigenvalue weighted by Gasteiger charge is -2.36. The van der Waals surface area contributed by atoms with Crippen LogP contribution in [0.2, 0.25) is 0 Å². The second kappa shape index (κ2) is 7.41. The van der Waals surface area contributed by atoms with Gasteiger partial charge in [-0.1, -0.05) is 0 Å². The van der Waals surface area contributed by atoms with Gasteiger partial charge in [0.15, 0.2) is 11.6 Å². The van der Waals surface area contributed by atoms with E-state index < -0.39 is 0 Å². The molecule has 0 saturated carbocycles. The lowest BCUT2D eigenvalue weighted by molar-refractivity contribution is -0.134. The van der Waals surface area contributed by atoms with Crippen LogP contribution >= 0.6 is 0 Å². The zero-order valence-electron chi connectivity index (χ0n) is 16.4. The molecule has 0 aromatic carbocycles. The predicted molar refractivity (Wildman–Crippen MR) is 104 cm³/mol. The second-order valence-electron chi connectivity index (χ2n) is 7.06. The van der Waals surface area contributed by atoms with Crippen LogP contribution in [0.15, 0.2) is 36.7 Å². The van der Waals surface area contributed by atoms with Crippen LogP contribution in [0.1, 0.15) is 24.4 Å². The van der Waals surface area contributed by atoms with Gasteiger partial charge in [-0.3, -0.25) is 9.48 Å². The Kier molecular flexibility index (Phi) is 4.81. The van der Waals surface area contributed by atoms with Crippen LogP contribution in [0.25, 0.3) is 5.82 Å². The highest BCUT2D eigenvalue weighted by molar-refractivity contribution is 5.80. The van der Waals surface area contributed by atoms with Crippen LogP contribution in [0.3, 0.4) is 0 Å². The highest BCUT2D eigenvalue weighted by Crippen LogP contribution is 2.17. The first-order valence-corrected chi connectivity index (χ1v) is 9.43. The third-order valence-corrected chi connectivity index (χ3v) is 5.06. The fraction of sp³-hybridized carbons (Fsp3) is 0.421. The Balaban J connectivity index is 1.38. The van der Waals surface area contributed by atoms with E-state index in [2.05, 4.69) is 25.3 Å². The molecule has 1 aliphatic heterocycles. The summed E-state index contributed by atoms with van der Waals surface area (Å²) in [5, 5.41) is 17.3. The standard InChI is InChI=1S/C19H24N8O/c1-14-13-15(2)27(23-14)18-6-5-17(21-22-18)24-9-11-25(12-10-24)19(28)16(3)26-8-4-7-20-26/h4-8,13,16H,9-12H2,1-3H3. The molecule has 28 heavy (non-hydrogen) atoms. The molecule has 3 aromatic rings. The summed E-state index contributed by atoms with van der Waals surface area (Å²) in [4.78, 5) is 16.7. The Bertz CT molecular complexity index is 939. The molecule has 0 aliphatic carbocycles. The van der Waals surface area contributed by atoms with Crippen molar-refractivity contribution in [3.05, 3.63) is 48.0 Å². The molecular weight excluding hydrogens is 356 g/mol. The molecule has 4 heterocycles. The Morgan fingerprint density at radius 3 is 2.36 bits per heavy atom. The first kappa shape index (κ1) is 18.1. The Labute approximate surface area is 163 Å². The lowest BCUT2D eigenvalue weighted by atomic mass is 10.2. The van der Waals surface area contributed by atoms with Crippen molar-refractivity contribution >= 4 is 11.7 Å². The van der Waals surface area contributed by atoms with Crippen molar-refractivity contribution in [1.82, 2.24) is 34.7 Å². The van der Waals surface area contributed by atoms with Crippen LogP contribution < -0.4 is 4.90 Å². The van der Waals surface area contributed by atoms with E-state index in [0.717, 1.165) is 30.3 Å². The number of nitrogens with zero attached hydrogens (tertiary/aromatic N) is 8. The minimum absolute atomic E-state index is 0.0920. The molecule has 9 heteroatoms. The fourth-order valence-electron chi connectivity index (χ4n) is 3.50. The van der Waals surface area contributed by atoms with Gasteiger partial charge in [-0.05, 0) is 45.0 Å². The van der Waals surface area contributed by atoms with Crippen molar-refractivity contribution in [2.45, 2.75) is 26.8 Å². The molecule has 146 valence electrons. The average Bonchev–Trinajstić information content (AvgIpc) is 3.37. The van der Waals surface area contributed by atoms with Gasteiger partial charge in [0.05, 0.1) is 5.69 Å². The van der Waals surface area contributed by atoms with Gasteiger partial charge in [0, 0.05) is 44.3 Å². The van der Waals surface area contributed by atoms with Crippen LogP contribution in [-0.2, 0) is 4.79 Å². The van der Waals surface area contributed by atoms with E-state index in [1.807, 2.05) is 56.1 Å². The summed E-state index contributed by atoms with van der Waals surface area (Å²) in [5.41, 5.74) is 1.98. The molecule has 0 spiro atoms. The summed E-state index contributed by atoms with van der Waals surface area (Å²) in [6, 6.07) is 7.44. The molecule has 1 amide bonds. The summed E-state index contributed by atoms with van der Waals surface area (Å²) in [6.07, 6.45) is 3.51. The molecule has 1 fully saturated rings. The number of rotatable bonds is 4. The number of carbonyl (C=O) groups excluding carboxylic acids is 1. The highest BCUT2D eigenvalue weighted by Gasteiger charge is 2.26. The minimum Gasteiger partial charge on any atom is -0.352 e. The third kappa shape index (κ3) is 3.47. The van der Waals surface area contributed by atoms with Gasteiger partial charge in [0.1, 0.15) is 6.04 Å². The maximum Gasteiger partial charge on any atom is 0.247 e. The zero-order chi connectivity index (χ0) is 19.7. The van der Waals surface area contributed by atoms with E-state index in [1.54, 1.807) is 15.6 Å². The number of aromatic nitrogens is 6. The molecular formula is C19H24N8O. The van der Waals surface area contributed by atoms with E-state index >= 15 is 0 Å². The summed E-state index contributed by atoms with van der Waals surface area (Å²) in [5.74, 6) is 1.61. The molecule has 3 aromatic heterocycles. The number of carbonyl (C=O) groups is 1. The fourth-order valence-corrected chi connectivity index (χ4v) is 3.50. The maximum atomic E-state index is 12.7. The van der Waals surface area contributed by atoms with Gasteiger partial charge in [-0.15, -0.1) is 10.2 Å². The van der Waals surface area contributed by atoms with E-state index in [-0.39, 0.29) is 11.9 Å². The average molecular weight is 380 g/mol. The van der Waals surface area contributed by atoms with Crippen molar-refractivity contribution in [2.24, 2.45) is 0 Å². The smallest absolute Gasteiger partial charge is 0.247 e. The van der Waals surface area contributed by atoms with E-state index in [9.17, 15) is 4.79 Å². The van der Waals surface area contributed by atoms with Gasteiger partial charge < -0.3 is 9.80 Å². The monoisotopic (exact) mass is 380 g/mol. The van der Waals surface area contributed by atoms with Gasteiger partial charge in [0.25, 0.3) is 0 Å². The zero-order valence-corrected chi connectivity index (χ0v) is 16.4. The molecule has 1 saturated heterocycles. The van der Waals surface area contributed by atoms with Crippen molar-refractivity contribution in [2.75, 3.05) is 31.1 Å². The first-order valence-electron chi connectivity index (χ1n) is 9.43. The van der Waals surface area contributed by atoms with Gasteiger partial charge in [-0.25, -0.2) is 4.68 Å². The normalized spacial score (nSPS) is 15.7. The molecule has 1 atom stereocenters. The number of piperazine rings is 1. The van der Waals surface area contributed by atoms with Gasteiger partial charge >= 0.3 is 0 Å². The molecule has 0 bridgehead atoms. The molecule has 0 radical (unpaired) electrons. The number of anilines is 1. The van der Waals surface area contributed by atoms with Crippen molar-refractivity contribution in [1.29, 1.82) is 0 Å².